The second kappa shape index (κ2) is 6.86. The molecule has 0 radical (unpaired) electrons. The van der Waals surface area contributed by atoms with Crippen molar-refractivity contribution in [1.29, 1.82) is 5.26 Å². The molecule has 2 rings (SSSR count). The number of aryl methyl sites for hydroxylation is 2. The van der Waals surface area contributed by atoms with E-state index in [-0.39, 0.29) is 11.7 Å². The molecule has 0 aliphatic carbocycles. The van der Waals surface area contributed by atoms with Crippen molar-refractivity contribution in [3.63, 3.8) is 0 Å². The highest BCUT2D eigenvalue weighted by molar-refractivity contribution is 8.00. The molecule has 1 N–H and O–H groups in total. The molecule has 0 aliphatic rings. The van der Waals surface area contributed by atoms with Gasteiger partial charge in [-0.1, -0.05) is 30.0 Å². The van der Waals surface area contributed by atoms with Crippen LogP contribution in [0.15, 0.2) is 35.4 Å². The van der Waals surface area contributed by atoms with Crippen molar-refractivity contribution in [1.82, 2.24) is 9.97 Å². The fraction of sp³-hybridized carbons (Fsp3) is 0.200. The third kappa shape index (κ3) is 4.04. The fourth-order valence-electron chi connectivity index (χ4n) is 1.77. The zero-order valence-corrected chi connectivity index (χ0v) is 12.6. The monoisotopic (exact) mass is 298 g/mol. The Morgan fingerprint density at radius 2 is 2.00 bits per heavy atom. The quantitative estimate of drug-likeness (QED) is 0.693. The molecule has 6 heteroatoms. The minimum absolute atomic E-state index is 0.135. The summed E-state index contributed by atoms with van der Waals surface area (Å²) in [5.41, 5.74) is 1.81. The van der Waals surface area contributed by atoms with Crippen molar-refractivity contribution in [2.75, 3.05) is 11.1 Å². The zero-order chi connectivity index (χ0) is 15.2. The summed E-state index contributed by atoms with van der Waals surface area (Å²) in [6, 6.07) is 11.3. The van der Waals surface area contributed by atoms with E-state index in [0.29, 0.717) is 22.1 Å². The summed E-state index contributed by atoms with van der Waals surface area (Å²) in [6.07, 6.45) is 0. The van der Waals surface area contributed by atoms with Gasteiger partial charge in [0.1, 0.15) is 22.5 Å². The first-order valence-electron chi connectivity index (χ1n) is 6.33. The number of hydrogen-bond donors (Lipinski definition) is 1. The van der Waals surface area contributed by atoms with Gasteiger partial charge in [0.2, 0.25) is 5.91 Å². The molecule has 0 saturated heterocycles. The van der Waals surface area contributed by atoms with Crippen LogP contribution >= 0.6 is 11.8 Å². The van der Waals surface area contributed by atoms with E-state index in [2.05, 4.69) is 21.4 Å². The van der Waals surface area contributed by atoms with Gasteiger partial charge >= 0.3 is 0 Å². The molecule has 0 spiro atoms. The van der Waals surface area contributed by atoms with Crippen LogP contribution in [-0.4, -0.2) is 21.6 Å². The first-order chi connectivity index (χ1) is 10.1. The van der Waals surface area contributed by atoms with E-state index in [1.54, 1.807) is 13.8 Å². The number of nitriles is 1. The number of hydrogen-bond acceptors (Lipinski definition) is 5. The van der Waals surface area contributed by atoms with E-state index < -0.39 is 0 Å². The molecule has 5 nitrogen and oxygen atoms in total. The Morgan fingerprint density at radius 1 is 1.29 bits per heavy atom. The maximum absolute atomic E-state index is 11.9. The molecule has 1 amide bonds. The maximum Gasteiger partial charge on any atom is 0.234 e. The molecule has 0 fully saturated rings. The molecule has 0 bridgehead atoms. The molecule has 106 valence electrons. The highest BCUT2D eigenvalue weighted by Crippen LogP contribution is 2.22. The number of carbonyl (C=O) groups is 1. The molecule has 1 aromatic heterocycles. The minimum Gasteiger partial charge on any atom is -0.325 e. The van der Waals surface area contributed by atoms with E-state index in [4.69, 9.17) is 5.26 Å². The van der Waals surface area contributed by atoms with Crippen LogP contribution in [0.5, 0.6) is 0 Å². The Morgan fingerprint density at radius 3 is 2.67 bits per heavy atom. The molecule has 0 atom stereocenters. The van der Waals surface area contributed by atoms with E-state index in [9.17, 15) is 4.79 Å². The van der Waals surface area contributed by atoms with Crippen LogP contribution in [0.25, 0.3) is 0 Å². The second-order valence-electron chi connectivity index (χ2n) is 4.35. The number of carbonyl (C=O) groups excluding carboxylic acids is 1. The zero-order valence-electron chi connectivity index (χ0n) is 11.8. The summed E-state index contributed by atoms with van der Waals surface area (Å²) in [5, 5.41) is 12.5. The summed E-state index contributed by atoms with van der Waals surface area (Å²) in [7, 11) is 0. The van der Waals surface area contributed by atoms with E-state index in [1.807, 2.05) is 30.3 Å². The average molecular weight is 298 g/mol. The second-order valence-corrected chi connectivity index (χ2v) is 5.32. The van der Waals surface area contributed by atoms with Gasteiger partial charge in [-0.05, 0) is 26.0 Å². The Balaban J connectivity index is 2.03. The lowest BCUT2D eigenvalue weighted by atomic mass is 10.3. The number of anilines is 1. The third-order valence-electron chi connectivity index (χ3n) is 2.68. The van der Waals surface area contributed by atoms with E-state index in [1.165, 1.54) is 11.8 Å². The summed E-state index contributed by atoms with van der Waals surface area (Å²) in [5.74, 6) is 0.654. The van der Waals surface area contributed by atoms with Gasteiger partial charge in [0.05, 0.1) is 11.4 Å². The van der Waals surface area contributed by atoms with Crippen LogP contribution in [0.3, 0.4) is 0 Å². The summed E-state index contributed by atoms with van der Waals surface area (Å²) in [6.45, 7) is 3.53. The van der Waals surface area contributed by atoms with Gasteiger partial charge in [0, 0.05) is 5.69 Å². The Labute approximate surface area is 127 Å². The largest absolute Gasteiger partial charge is 0.325 e. The molecular weight excluding hydrogens is 284 g/mol. The van der Waals surface area contributed by atoms with E-state index >= 15 is 0 Å². The molecule has 0 aliphatic heterocycles. The molecule has 2 aromatic rings. The van der Waals surface area contributed by atoms with Gasteiger partial charge in [-0.2, -0.15) is 5.26 Å². The van der Waals surface area contributed by atoms with Crippen LogP contribution < -0.4 is 5.32 Å². The van der Waals surface area contributed by atoms with Crippen molar-refractivity contribution in [2.24, 2.45) is 0 Å². The number of rotatable bonds is 4. The molecule has 21 heavy (non-hydrogen) atoms. The lowest BCUT2D eigenvalue weighted by molar-refractivity contribution is -0.113. The molecule has 1 aromatic carbocycles. The van der Waals surface area contributed by atoms with Crippen molar-refractivity contribution in [2.45, 2.75) is 18.9 Å². The van der Waals surface area contributed by atoms with Crippen LogP contribution in [-0.2, 0) is 4.79 Å². The van der Waals surface area contributed by atoms with E-state index in [0.717, 1.165) is 5.69 Å². The third-order valence-corrected chi connectivity index (χ3v) is 3.65. The molecule has 0 saturated carbocycles. The number of amides is 1. The first-order valence-corrected chi connectivity index (χ1v) is 7.31. The predicted molar refractivity (Wildman–Crippen MR) is 82.0 cm³/mol. The summed E-state index contributed by atoms with van der Waals surface area (Å²) < 4.78 is 0. The minimum atomic E-state index is -0.135. The smallest absolute Gasteiger partial charge is 0.234 e. The number of nitrogens with one attached hydrogen (secondary N) is 1. The topological polar surface area (TPSA) is 78.7 Å². The first kappa shape index (κ1) is 15.0. The van der Waals surface area contributed by atoms with Crippen LogP contribution in [0.2, 0.25) is 0 Å². The number of benzene rings is 1. The standard InChI is InChI=1S/C15H14N4OS/c1-10-13(8-16)15(18-11(2)17-10)21-9-14(20)19-12-6-4-3-5-7-12/h3-7H,9H2,1-2H3,(H,19,20). The fourth-order valence-corrected chi connectivity index (χ4v) is 2.64. The lowest BCUT2D eigenvalue weighted by Gasteiger charge is -2.07. The summed E-state index contributed by atoms with van der Waals surface area (Å²) >= 11 is 1.24. The average Bonchev–Trinajstić information content (AvgIpc) is 2.45. The summed E-state index contributed by atoms with van der Waals surface area (Å²) in [4.78, 5) is 20.3. The lowest BCUT2D eigenvalue weighted by Crippen LogP contribution is -2.14. The molecule has 0 unspecified atom stereocenters. The highest BCUT2D eigenvalue weighted by atomic mass is 32.2. The Hall–Kier alpha value is -2.39. The molecular formula is C15H14N4OS. The normalized spacial score (nSPS) is 9.95. The van der Waals surface area contributed by atoms with Gasteiger partial charge in [0.15, 0.2) is 0 Å². The van der Waals surface area contributed by atoms with Crippen LogP contribution in [0.1, 0.15) is 17.1 Å². The maximum atomic E-state index is 11.9. The number of aromatic nitrogens is 2. The van der Waals surface area contributed by atoms with Gasteiger partial charge in [-0.3, -0.25) is 4.79 Å². The number of para-hydroxylation sites is 1. The predicted octanol–water partition coefficient (Wildman–Crippen LogP) is 2.70. The van der Waals surface area contributed by atoms with Gasteiger partial charge in [-0.15, -0.1) is 0 Å². The van der Waals surface area contributed by atoms with Gasteiger partial charge in [-0.25, -0.2) is 9.97 Å². The highest BCUT2D eigenvalue weighted by Gasteiger charge is 2.12. The SMILES string of the molecule is Cc1nc(C)c(C#N)c(SCC(=O)Nc2ccccc2)n1. The number of nitrogens with zero attached hydrogens (tertiary/aromatic N) is 3. The number of thioether (sulfide) groups is 1. The Kier molecular flexibility index (Phi) is 4.90. The van der Waals surface area contributed by atoms with Gasteiger partial charge < -0.3 is 5.32 Å². The molecule has 1 heterocycles. The Bertz CT molecular complexity index is 695. The van der Waals surface area contributed by atoms with Gasteiger partial charge in [0.25, 0.3) is 0 Å². The van der Waals surface area contributed by atoms with Crippen molar-refractivity contribution < 1.29 is 4.79 Å². The van der Waals surface area contributed by atoms with Crippen molar-refractivity contribution in [3.05, 3.63) is 47.4 Å². The van der Waals surface area contributed by atoms with Crippen LogP contribution in [0.4, 0.5) is 5.69 Å². The van der Waals surface area contributed by atoms with Crippen molar-refractivity contribution >= 4 is 23.4 Å². The van der Waals surface area contributed by atoms with Crippen molar-refractivity contribution in [3.8, 4) is 6.07 Å². The van der Waals surface area contributed by atoms with Crippen LogP contribution in [0, 0.1) is 25.2 Å².